The fourth-order valence-electron chi connectivity index (χ4n) is 2.79. The van der Waals surface area contributed by atoms with Crippen molar-refractivity contribution in [3.63, 3.8) is 0 Å². The van der Waals surface area contributed by atoms with Crippen molar-refractivity contribution in [1.82, 2.24) is 30.0 Å². The molecule has 2 amide bonds. The van der Waals surface area contributed by atoms with Crippen LogP contribution in [-0.4, -0.2) is 37.8 Å². The summed E-state index contributed by atoms with van der Waals surface area (Å²) in [5, 5.41) is 6.39. The van der Waals surface area contributed by atoms with Crippen molar-refractivity contribution in [2.75, 3.05) is 11.9 Å². The van der Waals surface area contributed by atoms with Crippen molar-refractivity contribution in [1.29, 1.82) is 0 Å². The number of halogens is 6. The Bertz CT molecular complexity index is 1100. The van der Waals surface area contributed by atoms with Gasteiger partial charge in [-0.2, -0.15) is 36.1 Å². The van der Waals surface area contributed by atoms with E-state index in [1.807, 2.05) is 0 Å². The standard InChI is InChI=1S/C18H15F6N7O/c1-10(14-27-9-28-31(14)15-25-6-3-7-26-15)29-16(32)30(2)13-5-4-11(17(19,20)21)8-12(13)18(22,23)24/h3-10H,1-2H3,(H,29,32)/t10-/m0/s1. The Kier molecular flexibility index (Phi) is 6.05. The maximum Gasteiger partial charge on any atom is 0.418 e. The van der Waals surface area contributed by atoms with Crippen molar-refractivity contribution >= 4 is 11.7 Å². The lowest BCUT2D eigenvalue weighted by molar-refractivity contribution is -0.142. The van der Waals surface area contributed by atoms with Gasteiger partial charge in [-0.05, 0) is 31.2 Å². The van der Waals surface area contributed by atoms with Gasteiger partial charge in [-0.15, -0.1) is 0 Å². The van der Waals surface area contributed by atoms with Crippen molar-refractivity contribution in [2.24, 2.45) is 0 Å². The smallest absolute Gasteiger partial charge is 0.328 e. The van der Waals surface area contributed by atoms with E-state index >= 15 is 0 Å². The van der Waals surface area contributed by atoms with Gasteiger partial charge >= 0.3 is 18.4 Å². The number of nitrogens with zero attached hydrogens (tertiary/aromatic N) is 6. The van der Waals surface area contributed by atoms with Crippen LogP contribution in [0.25, 0.3) is 5.95 Å². The second-order valence-corrected chi connectivity index (χ2v) is 6.54. The molecule has 0 unspecified atom stereocenters. The highest BCUT2D eigenvalue weighted by Crippen LogP contribution is 2.40. The van der Waals surface area contributed by atoms with Crippen molar-refractivity contribution in [2.45, 2.75) is 25.3 Å². The summed E-state index contributed by atoms with van der Waals surface area (Å²) in [6.07, 6.45) is -6.02. The van der Waals surface area contributed by atoms with E-state index < -0.39 is 41.2 Å². The Morgan fingerprint density at radius 2 is 1.72 bits per heavy atom. The third-order valence-electron chi connectivity index (χ3n) is 4.34. The van der Waals surface area contributed by atoms with E-state index in [-0.39, 0.29) is 17.8 Å². The highest BCUT2D eigenvalue weighted by Gasteiger charge is 2.39. The first kappa shape index (κ1) is 23.0. The topological polar surface area (TPSA) is 88.8 Å². The van der Waals surface area contributed by atoms with Crippen LogP contribution in [0.2, 0.25) is 0 Å². The van der Waals surface area contributed by atoms with Gasteiger partial charge in [-0.1, -0.05) is 0 Å². The van der Waals surface area contributed by atoms with Gasteiger partial charge in [0.25, 0.3) is 5.95 Å². The van der Waals surface area contributed by atoms with Gasteiger partial charge in [-0.25, -0.2) is 19.7 Å². The second kappa shape index (κ2) is 8.43. The molecule has 0 fully saturated rings. The van der Waals surface area contributed by atoms with Gasteiger partial charge in [0.05, 0.1) is 22.9 Å². The fraction of sp³-hybridized carbons (Fsp3) is 0.278. The highest BCUT2D eigenvalue weighted by molar-refractivity contribution is 5.92. The summed E-state index contributed by atoms with van der Waals surface area (Å²) in [5.41, 5.74) is -3.83. The number of alkyl halides is 6. The van der Waals surface area contributed by atoms with E-state index in [0.717, 1.165) is 7.05 Å². The maximum atomic E-state index is 13.4. The van der Waals surface area contributed by atoms with E-state index in [1.165, 1.54) is 30.3 Å². The Labute approximate surface area is 176 Å². The highest BCUT2D eigenvalue weighted by atomic mass is 19.4. The Morgan fingerprint density at radius 1 is 1.06 bits per heavy atom. The number of benzene rings is 1. The molecule has 0 aliphatic rings. The zero-order valence-corrected chi connectivity index (χ0v) is 16.5. The first-order valence-corrected chi connectivity index (χ1v) is 8.89. The van der Waals surface area contributed by atoms with Crippen molar-refractivity contribution in [3.8, 4) is 5.95 Å². The summed E-state index contributed by atoms with van der Waals surface area (Å²) in [4.78, 5) is 25.2. The predicted octanol–water partition coefficient (Wildman–Crippen LogP) is 4.00. The number of amides is 2. The van der Waals surface area contributed by atoms with E-state index in [9.17, 15) is 31.1 Å². The van der Waals surface area contributed by atoms with Gasteiger partial charge in [0.2, 0.25) is 0 Å². The predicted molar refractivity (Wildman–Crippen MR) is 98.7 cm³/mol. The van der Waals surface area contributed by atoms with E-state index in [2.05, 4.69) is 25.4 Å². The summed E-state index contributed by atoms with van der Waals surface area (Å²) in [7, 11) is 1.00. The van der Waals surface area contributed by atoms with E-state index in [0.29, 0.717) is 17.0 Å². The minimum absolute atomic E-state index is 0.0358. The molecule has 2 heterocycles. The van der Waals surface area contributed by atoms with Crippen LogP contribution in [0, 0.1) is 0 Å². The molecule has 3 rings (SSSR count). The van der Waals surface area contributed by atoms with Crippen LogP contribution in [-0.2, 0) is 12.4 Å². The van der Waals surface area contributed by atoms with Crippen molar-refractivity contribution in [3.05, 3.63) is 59.9 Å². The molecule has 0 bridgehead atoms. The summed E-state index contributed by atoms with van der Waals surface area (Å²) in [6.45, 7) is 1.49. The number of carbonyl (C=O) groups excluding carboxylic acids is 1. The van der Waals surface area contributed by atoms with Gasteiger partial charge in [0, 0.05) is 19.4 Å². The maximum absolute atomic E-state index is 13.4. The average molecular weight is 459 g/mol. The Morgan fingerprint density at radius 3 is 2.31 bits per heavy atom. The Balaban J connectivity index is 1.86. The molecule has 0 spiro atoms. The van der Waals surface area contributed by atoms with Crippen LogP contribution in [0.1, 0.15) is 29.9 Å². The SMILES string of the molecule is C[C@H](NC(=O)N(C)c1ccc(C(F)(F)F)cc1C(F)(F)F)c1ncnn1-c1ncccn1. The van der Waals surface area contributed by atoms with Gasteiger partial charge in [0.1, 0.15) is 6.33 Å². The van der Waals surface area contributed by atoms with Gasteiger partial charge in [0.15, 0.2) is 5.82 Å². The summed E-state index contributed by atoms with van der Waals surface area (Å²) in [6, 6.07) is 0.734. The molecule has 0 aliphatic carbocycles. The summed E-state index contributed by atoms with van der Waals surface area (Å²) < 4.78 is 80.0. The number of hydrogen-bond acceptors (Lipinski definition) is 5. The minimum atomic E-state index is -5.12. The van der Waals surface area contributed by atoms with Crippen LogP contribution in [0.5, 0.6) is 0 Å². The average Bonchev–Trinajstić information content (AvgIpc) is 3.22. The molecular weight excluding hydrogens is 444 g/mol. The van der Waals surface area contributed by atoms with E-state index in [1.54, 1.807) is 6.07 Å². The molecule has 3 aromatic rings. The van der Waals surface area contributed by atoms with Crippen LogP contribution >= 0.6 is 0 Å². The molecule has 170 valence electrons. The molecule has 1 N–H and O–H groups in total. The third kappa shape index (κ3) is 4.78. The van der Waals surface area contributed by atoms with Crippen LogP contribution in [0.4, 0.5) is 36.8 Å². The number of urea groups is 1. The molecule has 8 nitrogen and oxygen atoms in total. The molecule has 2 aromatic heterocycles. The lowest BCUT2D eigenvalue weighted by atomic mass is 10.1. The lowest BCUT2D eigenvalue weighted by Gasteiger charge is -2.25. The number of aromatic nitrogens is 5. The normalized spacial score (nSPS) is 13.0. The fourth-order valence-corrected chi connectivity index (χ4v) is 2.79. The molecule has 14 heteroatoms. The van der Waals surface area contributed by atoms with Gasteiger partial charge in [-0.3, -0.25) is 4.90 Å². The number of nitrogens with one attached hydrogen (secondary N) is 1. The van der Waals surface area contributed by atoms with Crippen LogP contribution in [0.15, 0.2) is 43.0 Å². The first-order valence-electron chi connectivity index (χ1n) is 8.89. The molecule has 0 aliphatic heterocycles. The third-order valence-corrected chi connectivity index (χ3v) is 4.34. The zero-order chi connectivity index (χ0) is 23.7. The molecule has 0 saturated heterocycles. The van der Waals surface area contributed by atoms with Gasteiger partial charge < -0.3 is 5.32 Å². The lowest BCUT2D eigenvalue weighted by Crippen LogP contribution is -2.40. The molecular formula is C18H15F6N7O. The quantitative estimate of drug-likeness (QED) is 0.596. The monoisotopic (exact) mass is 459 g/mol. The summed E-state index contributed by atoms with van der Waals surface area (Å²) in [5.74, 6) is 0.331. The number of rotatable bonds is 4. The van der Waals surface area contributed by atoms with Crippen LogP contribution in [0.3, 0.4) is 0 Å². The second-order valence-electron chi connectivity index (χ2n) is 6.54. The van der Waals surface area contributed by atoms with E-state index in [4.69, 9.17) is 0 Å². The van der Waals surface area contributed by atoms with Crippen LogP contribution < -0.4 is 10.2 Å². The molecule has 0 radical (unpaired) electrons. The minimum Gasteiger partial charge on any atom is -0.328 e. The molecule has 1 atom stereocenters. The Hall–Kier alpha value is -3.71. The number of hydrogen-bond donors (Lipinski definition) is 1. The zero-order valence-electron chi connectivity index (χ0n) is 16.5. The number of carbonyl (C=O) groups is 1. The first-order chi connectivity index (χ1) is 14.9. The van der Waals surface area contributed by atoms with Crippen molar-refractivity contribution < 1.29 is 31.1 Å². The molecule has 1 aromatic carbocycles. The number of anilines is 1. The largest absolute Gasteiger partial charge is 0.418 e. The molecule has 0 saturated carbocycles. The summed E-state index contributed by atoms with van der Waals surface area (Å²) >= 11 is 0. The molecule has 32 heavy (non-hydrogen) atoms.